The van der Waals surface area contributed by atoms with E-state index in [0.717, 1.165) is 28.9 Å². The van der Waals surface area contributed by atoms with Crippen LogP contribution in [0.1, 0.15) is 40.9 Å². The first-order chi connectivity index (χ1) is 11.6. The number of hydrogen-bond acceptors (Lipinski definition) is 3. The molecular formula is C20H23NO3. The summed E-state index contributed by atoms with van der Waals surface area (Å²) in [4.78, 5) is 12.4. The molecule has 0 atom stereocenters. The van der Waals surface area contributed by atoms with Gasteiger partial charge in [-0.3, -0.25) is 4.79 Å². The summed E-state index contributed by atoms with van der Waals surface area (Å²) in [5.41, 5.74) is 3.97. The number of benzene rings is 2. The zero-order chi connectivity index (χ0) is 16.9. The fourth-order valence-electron chi connectivity index (χ4n) is 2.73. The lowest BCUT2D eigenvalue weighted by atomic mass is 10.1. The minimum Gasteiger partial charge on any atom is -0.493 e. The van der Waals surface area contributed by atoms with Crippen molar-refractivity contribution >= 4 is 5.91 Å². The summed E-state index contributed by atoms with van der Waals surface area (Å²) in [5.74, 6) is 0.826. The molecule has 1 aliphatic heterocycles. The number of nitrogens with one attached hydrogen (secondary N) is 1. The maximum atomic E-state index is 12.4. The van der Waals surface area contributed by atoms with Crippen molar-refractivity contribution < 1.29 is 14.3 Å². The van der Waals surface area contributed by atoms with Gasteiger partial charge in [-0.25, -0.2) is 0 Å². The van der Waals surface area contributed by atoms with Gasteiger partial charge in [0.2, 0.25) is 0 Å². The summed E-state index contributed by atoms with van der Waals surface area (Å²) in [5, 5.41) is 3.00. The fourth-order valence-corrected chi connectivity index (χ4v) is 2.73. The van der Waals surface area contributed by atoms with E-state index in [0.29, 0.717) is 25.3 Å². The van der Waals surface area contributed by atoms with Crippen molar-refractivity contribution in [2.75, 3.05) is 6.61 Å². The number of carbonyl (C=O) groups is 1. The Hall–Kier alpha value is -2.33. The van der Waals surface area contributed by atoms with E-state index in [1.54, 1.807) is 0 Å². The molecule has 0 unspecified atom stereocenters. The van der Waals surface area contributed by atoms with Crippen LogP contribution in [0, 0.1) is 0 Å². The van der Waals surface area contributed by atoms with E-state index in [-0.39, 0.29) is 12.0 Å². The third-order valence-corrected chi connectivity index (χ3v) is 4.08. The topological polar surface area (TPSA) is 47.6 Å². The molecule has 2 aromatic rings. The summed E-state index contributed by atoms with van der Waals surface area (Å²) < 4.78 is 11.2. The molecule has 0 saturated heterocycles. The molecule has 0 fully saturated rings. The van der Waals surface area contributed by atoms with E-state index in [4.69, 9.17) is 9.47 Å². The van der Waals surface area contributed by atoms with Gasteiger partial charge in [-0.15, -0.1) is 0 Å². The van der Waals surface area contributed by atoms with Crippen molar-refractivity contribution in [1.29, 1.82) is 0 Å². The summed E-state index contributed by atoms with van der Waals surface area (Å²) >= 11 is 0. The van der Waals surface area contributed by atoms with E-state index in [1.165, 1.54) is 0 Å². The molecule has 24 heavy (non-hydrogen) atoms. The SMILES string of the molecule is CC(C)OCc1ccccc1CNC(=O)c1ccc2c(c1)CCO2. The van der Waals surface area contributed by atoms with E-state index < -0.39 is 0 Å². The Morgan fingerprint density at radius 1 is 1.21 bits per heavy atom. The van der Waals surface area contributed by atoms with E-state index >= 15 is 0 Å². The normalized spacial score (nSPS) is 12.8. The van der Waals surface area contributed by atoms with Gasteiger partial charge in [-0.05, 0) is 48.7 Å². The Morgan fingerprint density at radius 2 is 2.00 bits per heavy atom. The first kappa shape index (κ1) is 16.5. The van der Waals surface area contributed by atoms with Crippen LogP contribution >= 0.6 is 0 Å². The molecule has 2 aromatic carbocycles. The largest absolute Gasteiger partial charge is 0.493 e. The molecule has 4 heteroatoms. The third-order valence-electron chi connectivity index (χ3n) is 4.08. The maximum absolute atomic E-state index is 12.4. The van der Waals surface area contributed by atoms with Crippen molar-refractivity contribution in [3.8, 4) is 5.75 Å². The van der Waals surface area contributed by atoms with Crippen LogP contribution in [-0.4, -0.2) is 18.6 Å². The van der Waals surface area contributed by atoms with Crippen LogP contribution in [0.3, 0.4) is 0 Å². The van der Waals surface area contributed by atoms with Gasteiger partial charge < -0.3 is 14.8 Å². The third kappa shape index (κ3) is 3.95. The first-order valence-electron chi connectivity index (χ1n) is 8.36. The van der Waals surface area contributed by atoms with Gasteiger partial charge in [0, 0.05) is 18.5 Å². The molecule has 0 radical (unpaired) electrons. The van der Waals surface area contributed by atoms with Gasteiger partial charge in [-0.1, -0.05) is 24.3 Å². The fraction of sp³-hybridized carbons (Fsp3) is 0.350. The Kier molecular flexibility index (Phi) is 5.16. The van der Waals surface area contributed by atoms with Crippen LogP contribution in [0.15, 0.2) is 42.5 Å². The highest BCUT2D eigenvalue weighted by Gasteiger charge is 2.15. The Balaban J connectivity index is 1.64. The molecule has 4 nitrogen and oxygen atoms in total. The highest BCUT2D eigenvalue weighted by Crippen LogP contribution is 2.25. The molecule has 1 N–H and O–H groups in total. The van der Waals surface area contributed by atoms with Crippen molar-refractivity contribution in [1.82, 2.24) is 5.32 Å². The molecule has 0 bridgehead atoms. The number of carbonyl (C=O) groups excluding carboxylic acids is 1. The van der Waals surface area contributed by atoms with Crippen molar-refractivity contribution in [2.24, 2.45) is 0 Å². The molecule has 3 rings (SSSR count). The van der Waals surface area contributed by atoms with Crippen LogP contribution in [0.5, 0.6) is 5.75 Å². The van der Waals surface area contributed by atoms with Gasteiger partial charge >= 0.3 is 0 Å². The van der Waals surface area contributed by atoms with Crippen molar-refractivity contribution in [3.05, 3.63) is 64.7 Å². The lowest BCUT2D eigenvalue weighted by molar-refractivity contribution is 0.0651. The van der Waals surface area contributed by atoms with Gasteiger partial charge in [0.15, 0.2) is 0 Å². The molecule has 126 valence electrons. The van der Waals surface area contributed by atoms with Crippen LogP contribution in [0.4, 0.5) is 0 Å². The minimum atomic E-state index is -0.0655. The summed E-state index contributed by atoms with van der Waals surface area (Å²) in [7, 11) is 0. The Labute approximate surface area is 142 Å². The van der Waals surface area contributed by atoms with Gasteiger partial charge in [0.25, 0.3) is 5.91 Å². The lowest BCUT2D eigenvalue weighted by Gasteiger charge is -2.13. The first-order valence-corrected chi connectivity index (χ1v) is 8.36. The standard InChI is InChI=1S/C20H23NO3/c1-14(2)24-13-18-6-4-3-5-17(18)12-21-20(22)16-7-8-19-15(11-16)9-10-23-19/h3-8,11,14H,9-10,12-13H2,1-2H3,(H,21,22). The molecule has 0 saturated carbocycles. The van der Waals surface area contributed by atoms with Crippen LogP contribution in [0.25, 0.3) is 0 Å². The monoisotopic (exact) mass is 325 g/mol. The number of hydrogen-bond donors (Lipinski definition) is 1. The zero-order valence-electron chi connectivity index (χ0n) is 14.2. The zero-order valence-corrected chi connectivity index (χ0v) is 14.2. The van der Waals surface area contributed by atoms with Crippen LogP contribution < -0.4 is 10.1 Å². The predicted molar refractivity (Wildman–Crippen MR) is 93.2 cm³/mol. The van der Waals surface area contributed by atoms with Crippen molar-refractivity contribution in [2.45, 2.75) is 39.5 Å². The van der Waals surface area contributed by atoms with Gasteiger partial charge in [-0.2, -0.15) is 0 Å². The number of ether oxygens (including phenoxy) is 2. The number of fused-ring (bicyclic) bond motifs is 1. The highest BCUT2D eigenvalue weighted by molar-refractivity contribution is 5.94. The van der Waals surface area contributed by atoms with E-state index in [2.05, 4.69) is 5.32 Å². The molecule has 1 aliphatic rings. The summed E-state index contributed by atoms with van der Waals surface area (Å²) in [6.07, 6.45) is 1.05. The lowest BCUT2D eigenvalue weighted by Crippen LogP contribution is -2.23. The Morgan fingerprint density at radius 3 is 2.79 bits per heavy atom. The molecule has 1 heterocycles. The molecule has 0 aromatic heterocycles. The predicted octanol–water partition coefficient (Wildman–Crippen LogP) is 3.48. The van der Waals surface area contributed by atoms with Crippen molar-refractivity contribution in [3.63, 3.8) is 0 Å². The average Bonchev–Trinajstić information content (AvgIpc) is 3.06. The summed E-state index contributed by atoms with van der Waals surface area (Å²) in [6.45, 7) is 5.78. The molecule has 0 aliphatic carbocycles. The van der Waals surface area contributed by atoms with E-state index in [9.17, 15) is 4.79 Å². The number of amides is 1. The molecule has 1 amide bonds. The average molecular weight is 325 g/mol. The second-order valence-electron chi connectivity index (χ2n) is 6.23. The van der Waals surface area contributed by atoms with E-state index in [1.807, 2.05) is 56.3 Å². The van der Waals surface area contributed by atoms with Gasteiger partial charge in [0.05, 0.1) is 19.3 Å². The molecule has 0 spiro atoms. The van der Waals surface area contributed by atoms with Crippen LogP contribution in [0.2, 0.25) is 0 Å². The second-order valence-corrected chi connectivity index (χ2v) is 6.23. The maximum Gasteiger partial charge on any atom is 0.251 e. The molecular weight excluding hydrogens is 302 g/mol. The second kappa shape index (κ2) is 7.49. The quantitative estimate of drug-likeness (QED) is 0.884. The van der Waals surface area contributed by atoms with Gasteiger partial charge in [0.1, 0.15) is 5.75 Å². The summed E-state index contributed by atoms with van der Waals surface area (Å²) in [6, 6.07) is 13.6. The number of rotatable bonds is 6. The smallest absolute Gasteiger partial charge is 0.251 e. The Bertz CT molecular complexity index is 725. The van der Waals surface area contributed by atoms with Crippen LogP contribution in [-0.2, 0) is 24.3 Å². The minimum absolute atomic E-state index is 0.0655. The highest BCUT2D eigenvalue weighted by atomic mass is 16.5.